The molecule has 2 rings (SSSR count). The van der Waals surface area contributed by atoms with Gasteiger partial charge in [0, 0.05) is 31.7 Å². The lowest BCUT2D eigenvalue weighted by atomic mass is 10.1. The molecule has 0 bridgehead atoms. The maximum atomic E-state index is 12.9. The lowest BCUT2D eigenvalue weighted by molar-refractivity contribution is 0.145. The summed E-state index contributed by atoms with van der Waals surface area (Å²) in [5.41, 5.74) is 0. The molecular weight excluding hydrogens is 278 g/mol. The second-order valence-corrected chi connectivity index (χ2v) is 7.95. The highest BCUT2D eigenvalue weighted by molar-refractivity contribution is 7.86. The Kier molecular flexibility index (Phi) is 5.42. The van der Waals surface area contributed by atoms with E-state index in [-0.39, 0.29) is 18.7 Å². The summed E-state index contributed by atoms with van der Waals surface area (Å²) in [6.07, 6.45) is 4.51. The number of nitrogens with zero attached hydrogens (tertiary/aromatic N) is 3. The van der Waals surface area contributed by atoms with Gasteiger partial charge in [-0.15, -0.1) is 0 Å². The average molecular weight is 305 g/mol. The Bertz CT molecular complexity index is 413. The predicted molar refractivity (Wildman–Crippen MR) is 78.6 cm³/mol. The molecule has 0 aromatic rings. The van der Waals surface area contributed by atoms with E-state index in [1.54, 1.807) is 4.31 Å². The fraction of sp³-hybridized carbons (Fsp3) is 1.00. The number of piperidine rings is 1. The molecule has 20 heavy (non-hydrogen) atoms. The van der Waals surface area contributed by atoms with Crippen molar-refractivity contribution in [3.05, 3.63) is 0 Å². The molecule has 118 valence electrons. The van der Waals surface area contributed by atoms with Gasteiger partial charge in [-0.3, -0.25) is 0 Å². The second kappa shape index (κ2) is 6.70. The smallest absolute Gasteiger partial charge is 0.282 e. The van der Waals surface area contributed by atoms with Crippen molar-refractivity contribution in [2.45, 2.75) is 44.2 Å². The van der Waals surface area contributed by atoms with Crippen molar-refractivity contribution in [1.82, 2.24) is 13.5 Å². The summed E-state index contributed by atoms with van der Waals surface area (Å²) in [5, 5.41) is 9.45. The predicted octanol–water partition coefficient (Wildman–Crippen LogP) is 0.104. The zero-order valence-corrected chi connectivity index (χ0v) is 13.3. The maximum absolute atomic E-state index is 12.9. The van der Waals surface area contributed by atoms with Gasteiger partial charge in [0.2, 0.25) is 0 Å². The van der Waals surface area contributed by atoms with Crippen LogP contribution in [0.5, 0.6) is 0 Å². The van der Waals surface area contributed by atoms with Crippen molar-refractivity contribution in [2.24, 2.45) is 0 Å². The zero-order valence-electron chi connectivity index (χ0n) is 12.5. The Morgan fingerprint density at radius 2 is 1.65 bits per heavy atom. The number of aliphatic hydroxyl groups is 1. The fourth-order valence-electron chi connectivity index (χ4n) is 3.31. The SMILES string of the molecule is CN(C)CC1CCCN1S(=O)(=O)N1CCCCC1CO. The van der Waals surface area contributed by atoms with Crippen molar-refractivity contribution < 1.29 is 13.5 Å². The van der Waals surface area contributed by atoms with E-state index in [1.807, 2.05) is 19.0 Å². The van der Waals surface area contributed by atoms with Gasteiger partial charge < -0.3 is 10.0 Å². The number of rotatable bonds is 5. The lowest BCUT2D eigenvalue weighted by Gasteiger charge is -2.38. The minimum atomic E-state index is -3.44. The summed E-state index contributed by atoms with van der Waals surface area (Å²) in [6, 6.07) is -0.175. The summed E-state index contributed by atoms with van der Waals surface area (Å²) in [7, 11) is 0.508. The van der Waals surface area contributed by atoms with Crippen LogP contribution in [0.3, 0.4) is 0 Å². The van der Waals surface area contributed by atoms with Gasteiger partial charge in [0.05, 0.1) is 6.61 Å². The zero-order chi connectivity index (χ0) is 14.8. The molecule has 0 aromatic heterocycles. The molecule has 6 nitrogen and oxygen atoms in total. The molecule has 2 unspecified atom stereocenters. The number of hydrogen-bond acceptors (Lipinski definition) is 4. The molecule has 7 heteroatoms. The largest absolute Gasteiger partial charge is 0.395 e. The summed E-state index contributed by atoms with van der Waals surface area (Å²) >= 11 is 0. The van der Waals surface area contributed by atoms with Crippen LogP contribution in [-0.4, -0.2) is 79.5 Å². The van der Waals surface area contributed by atoms with Crippen LogP contribution in [0, 0.1) is 0 Å². The van der Waals surface area contributed by atoms with Crippen molar-refractivity contribution in [2.75, 3.05) is 40.3 Å². The Labute approximate surface area is 122 Å². The Morgan fingerprint density at radius 1 is 1.05 bits per heavy atom. The molecule has 0 radical (unpaired) electrons. The second-order valence-electron chi connectivity index (χ2n) is 6.12. The van der Waals surface area contributed by atoms with E-state index in [2.05, 4.69) is 0 Å². The summed E-state index contributed by atoms with van der Waals surface area (Å²) in [4.78, 5) is 2.04. The standard InChI is InChI=1S/C13H27N3O3S/c1-14(2)10-12-7-5-9-15(12)20(18,19)16-8-4-3-6-13(16)11-17/h12-13,17H,3-11H2,1-2H3. The van der Waals surface area contributed by atoms with Crippen molar-refractivity contribution in [3.8, 4) is 0 Å². The molecule has 0 saturated carbocycles. The quantitative estimate of drug-likeness (QED) is 0.783. The van der Waals surface area contributed by atoms with Crippen LogP contribution < -0.4 is 0 Å². The van der Waals surface area contributed by atoms with Gasteiger partial charge in [0.1, 0.15) is 0 Å². The first-order valence-corrected chi connectivity index (χ1v) is 8.90. The molecule has 2 saturated heterocycles. The van der Waals surface area contributed by atoms with Crippen molar-refractivity contribution in [1.29, 1.82) is 0 Å². The molecule has 2 atom stereocenters. The van der Waals surface area contributed by atoms with Crippen molar-refractivity contribution in [3.63, 3.8) is 0 Å². The molecule has 0 aliphatic carbocycles. The molecule has 2 heterocycles. The van der Waals surface area contributed by atoms with Crippen LogP contribution in [0.4, 0.5) is 0 Å². The van der Waals surface area contributed by atoms with Gasteiger partial charge in [-0.2, -0.15) is 17.0 Å². The topological polar surface area (TPSA) is 64.1 Å². The normalized spacial score (nSPS) is 30.2. The Morgan fingerprint density at radius 3 is 2.30 bits per heavy atom. The van der Waals surface area contributed by atoms with Crippen LogP contribution in [0.15, 0.2) is 0 Å². The molecule has 0 aromatic carbocycles. The van der Waals surface area contributed by atoms with Gasteiger partial charge in [0.25, 0.3) is 10.2 Å². The Balaban J connectivity index is 2.15. The van der Waals surface area contributed by atoms with Gasteiger partial charge in [-0.1, -0.05) is 6.42 Å². The maximum Gasteiger partial charge on any atom is 0.282 e. The molecule has 1 N–H and O–H groups in total. The first-order valence-electron chi connectivity index (χ1n) is 7.51. The van der Waals surface area contributed by atoms with E-state index < -0.39 is 10.2 Å². The number of hydrogen-bond donors (Lipinski definition) is 1. The third-order valence-corrected chi connectivity index (χ3v) is 6.42. The highest BCUT2D eigenvalue weighted by atomic mass is 32.2. The van der Waals surface area contributed by atoms with Crippen LogP contribution in [0.1, 0.15) is 32.1 Å². The third-order valence-electron chi connectivity index (χ3n) is 4.28. The van der Waals surface area contributed by atoms with E-state index in [4.69, 9.17) is 0 Å². The van der Waals surface area contributed by atoms with E-state index in [0.29, 0.717) is 13.1 Å². The molecule has 0 spiro atoms. The molecule has 0 amide bonds. The first-order chi connectivity index (χ1) is 9.46. The van der Waals surface area contributed by atoms with Crippen LogP contribution in [0.2, 0.25) is 0 Å². The highest BCUT2D eigenvalue weighted by Gasteiger charge is 2.41. The molecule has 2 aliphatic heterocycles. The van der Waals surface area contributed by atoms with E-state index >= 15 is 0 Å². The first kappa shape index (κ1) is 16.2. The monoisotopic (exact) mass is 305 g/mol. The van der Waals surface area contributed by atoms with E-state index in [9.17, 15) is 13.5 Å². The minimum Gasteiger partial charge on any atom is -0.395 e. The summed E-state index contributed by atoms with van der Waals surface area (Å²) < 4.78 is 28.9. The number of aliphatic hydroxyl groups excluding tert-OH is 1. The van der Waals surface area contributed by atoms with E-state index in [0.717, 1.165) is 38.6 Å². The fourth-order valence-corrected chi connectivity index (χ4v) is 5.40. The minimum absolute atomic E-state index is 0.0660. The lowest BCUT2D eigenvalue weighted by Crippen LogP contribution is -2.54. The molecule has 2 aliphatic rings. The van der Waals surface area contributed by atoms with Crippen LogP contribution >= 0.6 is 0 Å². The summed E-state index contributed by atoms with van der Waals surface area (Å²) in [5.74, 6) is 0. The number of likely N-dealkylation sites (N-methyl/N-ethyl adjacent to an activating group) is 1. The van der Waals surface area contributed by atoms with Crippen molar-refractivity contribution >= 4 is 10.2 Å². The van der Waals surface area contributed by atoms with Crippen LogP contribution in [-0.2, 0) is 10.2 Å². The van der Waals surface area contributed by atoms with Gasteiger partial charge >= 0.3 is 0 Å². The van der Waals surface area contributed by atoms with Gasteiger partial charge in [-0.05, 0) is 39.8 Å². The Hall–Kier alpha value is -0.210. The third kappa shape index (κ3) is 3.33. The summed E-state index contributed by atoms with van der Waals surface area (Å²) in [6.45, 7) is 1.83. The average Bonchev–Trinajstić information content (AvgIpc) is 2.86. The van der Waals surface area contributed by atoms with Gasteiger partial charge in [-0.25, -0.2) is 0 Å². The van der Waals surface area contributed by atoms with Crippen LogP contribution in [0.25, 0.3) is 0 Å². The molecule has 2 fully saturated rings. The van der Waals surface area contributed by atoms with Gasteiger partial charge in [0.15, 0.2) is 0 Å². The highest BCUT2D eigenvalue weighted by Crippen LogP contribution is 2.28. The van der Waals surface area contributed by atoms with E-state index in [1.165, 1.54) is 4.31 Å². The molecular formula is C13H27N3O3S.